The van der Waals surface area contributed by atoms with Gasteiger partial charge < -0.3 is 15.4 Å². The van der Waals surface area contributed by atoms with Crippen molar-refractivity contribution < 1.29 is 9.53 Å². The van der Waals surface area contributed by atoms with Gasteiger partial charge in [0.2, 0.25) is 5.91 Å². The molecular formula is C11H20N2O2. The fourth-order valence-corrected chi connectivity index (χ4v) is 1.82. The van der Waals surface area contributed by atoms with Crippen LogP contribution in [0, 0.1) is 0 Å². The summed E-state index contributed by atoms with van der Waals surface area (Å²) in [7, 11) is 0. The number of nitrogens with one attached hydrogen (secondary N) is 2. The molecule has 2 N–H and O–H groups in total. The first-order valence-corrected chi connectivity index (χ1v) is 5.95. The molecule has 4 nitrogen and oxygen atoms in total. The summed E-state index contributed by atoms with van der Waals surface area (Å²) in [5.41, 5.74) is 0. The molecule has 1 atom stereocenters. The van der Waals surface area contributed by atoms with Gasteiger partial charge in [-0.05, 0) is 25.7 Å². The molecule has 15 heavy (non-hydrogen) atoms. The van der Waals surface area contributed by atoms with Gasteiger partial charge in [0.15, 0.2) is 0 Å². The summed E-state index contributed by atoms with van der Waals surface area (Å²) in [4.78, 5) is 11.4. The number of ether oxygens (including phenoxy) is 1. The maximum absolute atomic E-state index is 11.4. The van der Waals surface area contributed by atoms with Gasteiger partial charge in [-0.15, -0.1) is 0 Å². The van der Waals surface area contributed by atoms with E-state index in [1.54, 1.807) is 0 Å². The molecule has 1 aliphatic carbocycles. The Morgan fingerprint density at radius 2 is 2.13 bits per heavy atom. The average molecular weight is 212 g/mol. The fraction of sp³-hybridized carbons (Fsp3) is 0.909. The molecule has 2 aliphatic rings. The van der Waals surface area contributed by atoms with E-state index in [0.29, 0.717) is 18.5 Å². The molecule has 0 aromatic carbocycles. The summed E-state index contributed by atoms with van der Waals surface area (Å²) in [5, 5.41) is 6.34. The second-order valence-electron chi connectivity index (χ2n) is 4.46. The van der Waals surface area contributed by atoms with Crippen molar-refractivity contribution in [3.63, 3.8) is 0 Å². The van der Waals surface area contributed by atoms with Crippen molar-refractivity contribution in [3.05, 3.63) is 0 Å². The molecule has 0 spiro atoms. The van der Waals surface area contributed by atoms with Gasteiger partial charge in [0.1, 0.15) is 0 Å². The lowest BCUT2D eigenvalue weighted by Crippen LogP contribution is -2.39. The van der Waals surface area contributed by atoms with Gasteiger partial charge in [0.25, 0.3) is 0 Å². The van der Waals surface area contributed by atoms with Gasteiger partial charge in [-0.1, -0.05) is 0 Å². The van der Waals surface area contributed by atoms with E-state index in [4.69, 9.17) is 4.74 Å². The van der Waals surface area contributed by atoms with E-state index in [2.05, 4.69) is 10.6 Å². The van der Waals surface area contributed by atoms with Gasteiger partial charge in [-0.25, -0.2) is 0 Å². The van der Waals surface area contributed by atoms with Crippen molar-refractivity contribution in [2.45, 2.75) is 44.2 Å². The van der Waals surface area contributed by atoms with Crippen LogP contribution in [0.2, 0.25) is 0 Å². The number of hydrogen-bond acceptors (Lipinski definition) is 3. The van der Waals surface area contributed by atoms with Crippen LogP contribution in [0.3, 0.4) is 0 Å². The number of rotatable bonds is 5. The molecule has 1 heterocycles. The predicted molar refractivity (Wildman–Crippen MR) is 57.6 cm³/mol. The largest absolute Gasteiger partial charge is 0.380 e. The Balaban J connectivity index is 1.51. The Kier molecular flexibility index (Phi) is 3.97. The summed E-state index contributed by atoms with van der Waals surface area (Å²) in [6, 6.07) is 0.933. The van der Waals surface area contributed by atoms with E-state index in [1.165, 1.54) is 6.42 Å². The molecule has 0 bridgehead atoms. The summed E-state index contributed by atoms with van der Waals surface area (Å²) in [5.74, 6) is 0.182. The maximum Gasteiger partial charge on any atom is 0.221 e. The van der Waals surface area contributed by atoms with Crippen LogP contribution in [0.1, 0.15) is 32.1 Å². The van der Waals surface area contributed by atoms with Crippen LogP contribution in [0.4, 0.5) is 0 Å². The zero-order valence-electron chi connectivity index (χ0n) is 9.13. The second-order valence-corrected chi connectivity index (χ2v) is 4.46. The SMILES string of the molecule is O=C(CCNC1CCCOC1)NC1CC1. The number of carbonyl (C=O) groups is 1. The first kappa shape index (κ1) is 10.9. The zero-order valence-corrected chi connectivity index (χ0v) is 9.13. The van der Waals surface area contributed by atoms with Crippen molar-refractivity contribution in [1.82, 2.24) is 10.6 Å². The van der Waals surface area contributed by atoms with Crippen molar-refractivity contribution in [2.24, 2.45) is 0 Å². The highest BCUT2D eigenvalue weighted by Gasteiger charge is 2.23. The molecule has 86 valence electrons. The molecule has 0 aromatic heterocycles. The quantitative estimate of drug-likeness (QED) is 0.694. The Labute approximate surface area is 90.8 Å². The van der Waals surface area contributed by atoms with Gasteiger partial charge in [0.05, 0.1) is 6.61 Å². The Bertz CT molecular complexity index is 211. The van der Waals surface area contributed by atoms with Crippen LogP contribution in [-0.4, -0.2) is 37.7 Å². The molecule has 4 heteroatoms. The molecule has 1 aliphatic heterocycles. The third-order valence-electron chi connectivity index (χ3n) is 2.89. The minimum absolute atomic E-state index is 0.182. The number of carbonyl (C=O) groups excluding carboxylic acids is 1. The molecule has 0 aromatic rings. The van der Waals surface area contributed by atoms with Crippen LogP contribution in [0.25, 0.3) is 0 Å². The van der Waals surface area contributed by atoms with Crippen LogP contribution in [-0.2, 0) is 9.53 Å². The van der Waals surface area contributed by atoms with Crippen LogP contribution < -0.4 is 10.6 Å². The van der Waals surface area contributed by atoms with Crippen molar-refractivity contribution in [3.8, 4) is 0 Å². The minimum atomic E-state index is 0.182. The Morgan fingerprint density at radius 1 is 1.27 bits per heavy atom. The van der Waals surface area contributed by atoms with Gasteiger partial charge >= 0.3 is 0 Å². The standard InChI is InChI=1S/C11H20N2O2/c14-11(13-9-3-4-9)5-6-12-10-2-1-7-15-8-10/h9-10,12H,1-8H2,(H,13,14). The number of hydrogen-bond donors (Lipinski definition) is 2. The second kappa shape index (κ2) is 5.47. The zero-order chi connectivity index (χ0) is 10.5. The highest BCUT2D eigenvalue weighted by Crippen LogP contribution is 2.18. The first-order valence-electron chi connectivity index (χ1n) is 5.95. The highest BCUT2D eigenvalue weighted by atomic mass is 16.5. The molecular weight excluding hydrogens is 192 g/mol. The number of amides is 1. The Morgan fingerprint density at radius 3 is 2.80 bits per heavy atom. The summed E-state index contributed by atoms with van der Waals surface area (Å²) < 4.78 is 5.35. The summed E-state index contributed by atoms with van der Waals surface area (Å²) >= 11 is 0. The minimum Gasteiger partial charge on any atom is -0.380 e. The van der Waals surface area contributed by atoms with Crippen molar-refractivity contribution in [1.29, 1.82) is 0 Å². The normalized spacial score (nSPS) is 26.3. The summed E-state index contributed by atoms with van der Waals surface area (Å²) in [6.07, 6.45) is 5.22. The van der Waals surface area contributed by atoms with Gasteiger partial charge in [-0.2, -0.15) is 0 Å². The van der Waals surface area contributed by atoms with E-state index in [9.17, 15) is 4.79 Å². The van der Waals surface area contributed by atoms with Crippen LogP contribution in [0.15, 0.2) is 0 Å². The topological polar surface area (TPSA) is 50.4 Å². The highest BCUT2D eigenvalue weighted by molar-refractivity contribution is 5.76. The Hall–Kier alpha value is -0.610. The van der Waals surface area contributed by atoms with Crippen molar-refractivity contribution in [2.75, 3.05) is 19.8 Å². The van der Waals surface area contributed by atoms with E-state index in [-0.39, 0.29) is 5.91 Å². The lowest BCUT2D eigenvalue weighted by molar-refractivity contribution is -0.121. The molecule has 1 saturated carbocycles. The molecule has 1 amide bonds. The smallest absolute Gasteiger partial charge is 0.221 e. The maximum atomic E-state index is 11.4. The lowest BCUT2D eigenvalue weighted by Gasteiger charge is -2.23. The van der Waals surface area contributed by atoms with E-state index in [0.717, 1.165) is 39.0 Å². The van der Waals surface area contributed by atoms with Crippen molar-refractivity contribution >= 4 is 5.91 Å². The third kappa shape index (κ3) is 4.18. The van der Waals surface area contributed by atoms with Crippen LogP contribution >= 0.6 is 0 Å². The molecule has 0 radical (unpaired) electrons. The predicted octanol–water partition coefficient (Wildman–Crippen LogP) is 0.424. The fourth-order valence-electron chi connectivity index (χ4n) is 1.82. The molecule has 1 saturated heterocycles. The van der Waals surface area contributed by atoms with Crippen LogP contribution in [0.5, 0.6) is 0 Å². The third-order valence-corrected chi connectivity index (χ3v) is 2.89. The molecule has 1 unspecified atom stereocenters. The monoisotopic (exact) mass is 212 g/mol. The lowest BCUT2D eigenvalue weighted by atomic mass is 10.1. The first-order chi connectivity index (χ1) is 7.34. The molecule has 2 rings (SSSR count). The average Bonchev–Trinajstić information content (AvgIpc) is 3.03. The van der Waals surface area contributed by atoms with E-state index in [1.807, 2.05) is 0 Å². The van der Waals surface area contributed by atoms with E-state index >= 15 is 0 Å². The molecule has 2 fully saturated rings. The van der Waals surface area contributed by atoms with Gasteiger partial charge in [-0.3, -0.25) is 4.79 Å². The van der Waals surface area contributed by atoms with E-state index < -0.39 is 0 Å². The summed E-state index contributed by atoms with van der Waals surface area (Å²) in [6.45, 7) is 2.46. The van der Waals surface area contributed by atoms with Gasteiger partial charge in [0, 0.05) is 31.7 Å².